The van der Waals surface area contributed by atoms with Crippen molar-refractivity contribution in [3.8, 4) is 207 Å². The Bertz CT molecular complexity index is 3890. The van der Waals surface area contributed by atoms with Crippen molar-refractivity contribution in [3.05, 3.63) is 109 Å². The lowest BCUT2D eigenvalue weighted by atomic mass is 10.00. The Labute approximate surface area is 450 Å². The summed E-state index contributed by atoms with van der Waals surface area (Å²) in [5, 5.41) is 212. The van der Waals surface area contributed by atoms with Gasteiger partial charge in [0.2, 0.25) is 40.2 Å². The third-order valence-corrected chi connectivity index (χ3v) is 11.1. The van der Waals surface area contributed by atoms with Crippen LogP contribution in [0.2, 0.25) is 0 Å². The maximum absolute atomic E-state index is 11.1. The van der Waals surface area contributed by atoms with Crippen LogP contribution in [0.25, 0.3) is 11.1 Å². The second-order valence-electron chi connectivity index (χ2n) is 17.0. The molecule has 0 saturated heterocycles. The van der Waals surface area contributed by atoms with E-state index in [2.05, 4.69) is 0 Å². The lowest BCUT2D eigenvalue weighted by molar-refractivity contribution is 0.333. The van der Waals surface area contributed by atoms with Crippen molar-refractivity contribution in [2.45, 2.75) is 0 Å². The molecule has 0 radical (unpaired) electrons. The fourth-order valence-corrected chi connectivity index (χ4v) is 7.72. The van der Waals surface area contributed by atoms with E-state index >= 15 is 0 Å². The van der Waals surface area contributed by atoms with Crippen LogP contribution in [-0.2, 0) is 0 Å². The topological polar surface area (TPSA) is 469 Å². The van der Waals surface area contributed by atoms with Gasteiger partial charge in [0, 0.05) is 109 Å². The van der Waals surface area contributed by atoms with E-state index < -0.39 is 201 Å². The van der Waals surface area contributed by atoms with Gasteiger partial charge in [-0.25, -0.2) is 0 Å². The van der Waals surface area contributed by atoms with E-state index in [0.29, 0.717) is 6.07 Å². The second-order valence-corrected chi connectivity index (χ2v) is 17.0. The number of rotatable bonds is 15. The average Bonchev–Trinajstić information content (AvgIpc) is 3.38. The molecule has 20 N–H and O–H groups in total. The standard InChI is InChI=1S/C54H38O27/c55-19-1-20(56)3-25(2-19)75-51-32(64)6-22(58)9-42(51)79-48-35(67)12-26(13-36(48)68)76-52-33(65)7-23(59)10-43(52)80-49-37(69)14-27(15-38(49)70)77-53-34(66)8-24(60)11-44(53)81-50-39(71)16-28(17-40(50)72)78-54-41(73)18-31(63)46(47(54)74)45-29(61)4-21(57)5-30(45)62/h1-18,55-74H. The highest BCUT2D eigenvalue weighted by Crippen LogP contribution is 2.58. The van der Waals surface area contributed by atoms with E-state index in [-0.39, 0.29) is 5.75 Å². The van der Waals surface area contributed by atoms with Gasteiger partial charge < -0.3 is 135 Å². The van der Waals surface area contributed by atoms with Gasteiger partial charge in [-0.1, -0.05) is 0 Å². The molecule has 0 saturated carbocycles. The third-order valence-electron chi connectivity index (χ3n) is 11.1. The average molecular weight is 1120 g/mol. The fourth-order valence-electron chi connectivity index (χ4n) is 7.72. The Balaban J connectivity index is 0.949. The van der Waals surface area contributed by atoms with Crippen molar-refractivity contribution in [2.24, 2.45) is 0 Å². The van der Waals surface area contributed by atoms with Gasteiger partial charge in [-0.05, 0) is 0 Å². The molecular weight excluding hydrogens is 1080 g/mol. The highest BCUT2D eigenvalue weighted by molar-refractivity contribution is 5.88. The molecule has 0 bridgehead atoms. The molecule has 27 nitrogen and oxygen atoms in total. The summed E-state index contributed by atoms with van der Waals surface area (Å²) in [6.45, 7) is 0. The van der Waals surface area contributed by atoms with Gasteiger partial charge in [0.1, 0.15) is 74.7 Å². The van der Waals surface area contributed by atoms with Crippen LogP contribution in [0.1, 0.15) is 0 Å². The summed E-state index contributed by atoms with van der Waals surface area (Å²) >= 11 is 0. The van der Waals surface area contributed by atoms with Crippen LogP contribution in [0.4, 0.5) is 0 Å². The SMILES string of the molecule is Oc1cc(O)cc(Oc2c(O)cc(O)cc2Oc2c(O)cc(Oc3c(O)cc(O)cc3Oc3c(O)cc(Oc4c(O)cc(O)cc4Oc4c(O)cc(Oc5c(O)cc(O)c(-c6c(O)cc(O)cc6O)c5O)cc4O)cc3O)cc2O)c1. The van der Waals surface area contributed by atoms with E-state index in [1.165, 1.54) is 0 Å². The molecule has 9 aromatic rings. The Morgan fingerprint density at radius 3 is 0.741 bits per heavy atom. The molecule has 0 amide bonds. The molecule has 0 unspecified atom stereocenters. The molecule has 0 heterocycles. The first kappa shape index (κ1) is 53.4. The number of hydrogen-bond donors (Lipinski definition) is 20. The van der Waals surface area contributed by atoms with Crippen molar-refractivity contribution in [1.82, 2.24) is 0 Å². The molecule has 0 aliphatic carbocycles. The Morgan fingerprint density at radius 2 is 0.407 bits per heavy atom. The highest BCUT2D eigenvalue weighted by Gasteiger charge is 2.29. The number of hydrogen-bond acceptors (Lipinski definition) is 27. The van der Waals surface area contributed by atoms with Crippen LogP contribution in [0.5, 0.6) is 195 Å². The summed E-state index contributed by atoms with van der Waals surface area (Å²) in [5.41, 5.74) is -1.28. The van der Waals surface area contributed by atoms with Gasteiger partial charge in [-0.15, -0.1) is 0 Å². The molecule has 0 aromatic heterocycles. The zero-order chi connectivity index (χ0) is 58.5. The van der Waals surface area contributed by atoms with Crippen molar-refractivity contribution < 1.29 is 135 Å². The number of phenols is 20. The first-order valence-electron chi connectivity index (χ1n) is 22.5. The Hall–Kier alpha value is -12.4. The van der Waals surface area contributed by atoms with E-state index in [1.54, 1.807) is 0 Å². The lowest BCUT2D eigenvalue weighted by Gasteiger charge is -2.19. The van der Waals surface area contributed by atoms with Gasteiger partial charge in [0.05, 0.1) is 11.1 Å². The molecule has 9 rings (SSSR count). The van der Waals surface area contributed by atoms with Crippen LogP contribution in [0.3, 0.4) is 0 Å². The molecule has 0 atom stereocenters. The molecule has 416 valence electrons. The summed E-state index contributed by atoms with van der Waals surface area (Å²) in [4.78, 5) is 0. The molecule has 9 aromatic carbocycles. The van der Waals surface area contributed by atoms with Crippen LogP contribution in [0, 0.1) is 0 Å². The zero-order valence-electron chi connectivity index (χ0n) is 40.2. The summed E-state index contributed by atoms with van der Waals surface area (Å²) in [6.07, 6.45) is 0. The largest absolute Gasteiger partial charge is 0.508 e. The van der Waals surface area contributed by atoms with Crippen LogP contribution >= 0.6 is 0 Å². The van der Waals surface area contributed by atoms with Gasteiger partial charge in [0.25, 0.3) is 0 Å². The molecule has 27 heteroatoms. The summed E-state index contributed by atoms with van der Waals surface area (Å²) < 4.78 is 39.3. The molecule has 0 spiro atoms. The molecule has 0 aliphatic heterocycles. The van der Waals surface area contributed by atoms with Crippen LogP contribution in [-0.4, -0.2) is 102 Å². The number of ether oxygens (including phenoxy) is 7. The Kier molecular flexibility index (Phi) is 13.6. The monoisotopic (exact) mass is 1120 g/mol. The van der Waals surface area contributed by atoms with Crippen LogP contribution in [0.15, 0.2) is 109 Å². The first-order valence-corrected chi connectivity index (χ1v) is 22.5. The molecule has 81 heavy (non-hydrogen) atoms. The van der Waals surface area contributed by atoms with Gasteiger partial charge in [0.15, 0.2) is 80.5 Å². The fraction of sp³-hybridized carbons (Fsp3) is 0. The first-order chi connectivity index (χ1) is 38.3. The van der Waals surface area contributed by atoms with Crippen molar-refractivity contribution in [2.75, 3.05) is 0 Å². The predicted octanol–water partition coefficient (Wildman–Crippen LogP) is 10.0. The van der Waals surface area contributed by atoms with Gasteiger partial charge >= 0.3 is 0 Å². The third kappa shape index (κ3) is 10.9. The summed E-state index contributed by atoms with van der Waals surface area (Å²) in [6, 6.07) is 15.1. The number of aromatic hydroxyl groups is 20. The van der Waals surface area contributed by atoms with Crippen LogP contribution < -0.4 is 33.2 Å². The lowest BCUT2D eigenvalue weighted by Crippen LogP contribution is -1.95. The predicted molar refractivity (Wildman–Crippen MR) is 271 cm³/mol. The summed E-state index contributed by atoms with van der Waals surface area (Å²) in [5.74, 6) is -24.5. The molecule has 0 aliphatic rings. The summed E-state index contributed by atoms with van der Waals surface area (Å²) in [7, 11) is 0. The number of benzene rings is 9. The van der Waals surface area contributed by atoms with Gasteiger partial charge in [-0.2, -0.15) is 0 Å². The molecular formula is C54H38O27. The van der Waals surface area contributed by atoms with Crippen molar-refractivity contribution in [3.63, 3.8) is 0 Å². The van der Waals surface area contributed by atoms with E-state index in [1.807, 2.05) is 0 Å². The van der Waals surface area contributed by atoms with Crippen molar-refractivity contribution >= 4 is 0 Å². The van der Waals surface area contributed by atoms with E-state index in [9.17, 15) is 102 Å². The minimum Gasteiger partial charge on any atom is -0.508 e. The van der Waals surface area contributed by atoms with Crippen molar-refractivity contribution in [1.29, 1.82) is 0 Å². The maximum atomic E-state index is 11.1. The zero-order valence-corrected chi connectivity index (χ0v) is 40.2. The van der Waals surface area contributed by atoms with E-state index in [4.69, 9.17) is 33.2 Å². The van der Waals surface area contributed by atoms with Gasteiger partial charge in [-0.3, -0.25) is 0 Å². The maximum Gasteiger partial charge on any atom is 0.211 e. The quantitative estimate of drug-likeness (QED) is 0.0453. The number of phenolic OH excluding ortho intramolecular Hbond substituents is 20. The normalized spacial score (nSPS) is 11.0. The minimum atomic E-state index is -1.08. The Morgan fingerprint density at radius 1 is 0.173 bits per heavy atom. The van der Waals surface area contributed by atoms with E-state index in [0.717, 1.165) is 103 Å². The smallest absolute Gasteiger partial charge is 0.211 e. The highest BCUT2D eigenvalue weighted by atomic mass is 16.6. The molecule has 0 fully saturated rings. The second kappa shape index (κ2) is 20.6. The minimum absolute atomic E-state index is 0.219.